The lowest BCUT2D eigenvalue weighted by molar-refractivity contribution is 0.0697. The summed E-state index contributed by atoms with van der Waals surface area (Å²) in [5, 5.41) is 20.6. The Labute approximate surface area is 131 Å². The van der Waals surface area contributed by atoms with Gasteiger partial charge in [0.15, 0.2) is 5.69 Å². The Kier molecular flexibility index (Phi) is 3.14. The van der Waals surface area contributed by atoms with Crippen LogP contribution in [-0.4, -0.2) is 26.9 Å². The number of carboxylic acid groups (broad SMARTS) is 1. The van der Waals surface area contributed by atoms with E-state index in [1.807, 2.05) is 0 Å². The summed E-state index contributed by atoms with van der Waals surface area (Å²) in [5.74, 6) is -0.767. The Hall–Kier alpha value is -2.70. The van der Waals surface area contributed by atoms with Crippen molar-refractivity contribution in [1.29, 1.82) is 0 Å². The highest BCUT2D eigenvalue weighted by atomic mass is 16.4. The van der Waals surface area contributed by atoms with E-state index >= 15 is 0 Å². The third kappa shape index (κ3) is 2.19. The minimum atomic E-state index is -0.992. The smallest absolute Gasteiger partial charge is 0.335 e. The second-order valence-electron chi connectivity index (χ2n) is 6.04. The monoisotopic (exact) mass is 312 g/mol. The van der Waals surface area contributed by atoms with Crippen LogP contribution in [0.1, 0.15) is 47.7 Å². The molecule has 2 atom stereocenters. The van der Waals surface area contributed by atoms with Crippen LogP contribution < -0.4 is 5.56 Å². The first-order chi connectivity index (χ1) is 11.1. The standard InChI is InChI=1S/C16H16N4O3/c21-15-14-13(11-3-1-2-4-12(11)17-18-14)19-20(15)10-7-5-9(6-8-10)16(22)23/h5-8,11-12,19H,1-4H2,(H,22,23). The lowest BCUT2D eigenvalue weighted by Gasteiger charge is -2.29. The minimum Gasteiger partial charge on any atom is -0.478 e. The van der Waals surface area contributed by atoms with Crippen LogP contribution >= 0.6 is 0 Å². The molecule has 0 amide bonds. The second-order valence-corrected chi connectivity index (χ2v) is 6.04. The molecule has 0 bridgehead atoms. The first-order valence-electron chi connectivity index (χ1n) is 7.74. The van der Waals surface area contributed by atoms with Gasteiger partial charge in [-0.2, -0.15) is 5.11 Å². The van der Waals surface area contributed by atoms with Crippen molar-refractivity contribution in [2.45, 2.75) is 37.6 Å². The van der Waals surface area contributed by atoms with Gasteiger partial charge in [-0.05, 0) is 37.1 Å². The molecule has 2 unspecified atom stereocenters. The number of azo groups is 1. The molecule has 2 N–H and O–H groups in total. The number of carbonyl (C=O) groups is 1. The van der Waals surface area contributed by atoms with Crippen LogP contribution in [-0.2, 0) is 0 Å². The number of rotatable bonds is 2. The molecule has 2 aliphatic rings. The summed E-state index contributed by atoms with van der Waals surface area (Å²) in [7, 11) is 0. The Bertz CT molecular complexity index is 847. The van der Waals surface area contributed by atoms with E-state index in [1.54, 1.807) is 12.1 Å². The molecule has 2 heterocycles. The number of hydrogen-bond acceptors (Lipinski definition) is 4. The fourth-order valence-corrected chi connectivity index (χ4v) is 3.45. The van der Waals surface area contributed by atoms with Crippen molar-refractivity contribution in [3.05, 3.63) is 45.9 Å². The number of carboxylic acids is 1. The van der Waals surface area contributed by atoms with E-state index in [0.29, 0.717) is 11.4 Å². The molecule has 1 aromatic carbocycles. The fourth-order valence-electron chi connectivity index (χ4n) is 3.45. The normalized spacial score (nSPS) is 22.4. The lowest BCUT2D eigenvalue weighted by Crippen LogP contribution is -2.23. The van der Waals surface area contributed by atoms with Gasteiger partial charge in [-0.25, -0.2) is 9.48 Å². The predicted octanol–water partition coefficient (Wildman–Crippen LogP) is 2.99. The van der Waals surface area contributed by atoms with Crippen LogP contribution in [0.15, 0.2) is 39.3 Å². The highest BCUT2D eigenvalue weighted by Crippen LogP contribution is 2.41. The first kappa shape index (κ1) is 13.9. The van der Waals surface area contributed by atoms with E-state index in [4.69, 9.17) is 5.11 Å². The van der Waals surface area contributed by atoms with E-state index in [2.05, 4.69) is 15.3 Å². The van der Waals surface area contributed by atoms with E-state index in [9.17, 15) is 9.59 Å². The van der Waals surface area contributed by atoms with Crippen LogP contribution in [0.5, 0.6) is 0 Å². The third-order valence-corrected chi connectivity index (χ3v) is 4.67. The number of H-pyrrole nitrogens is 1. The topological polar surface area (TPSA) is 99.8 Å². The molecule has 1 aromatic heterocycles. The first-order valence-corrected chi connectivity index (χ1v) is 7.74. The van der Waals surface area contributed by atoms with Gasteiger partial charge in [0.05, 0.1) is 23.0 Å². The Morgan fingerprint density at radius 1 is 1.22 bits per heavy atom. The van der Waals surface area contributed by atoms with Crippen LogP contribution in [0.25, 0.3) is 5.69 Å². The predicted molar refractivity (Wildman–Crippen MR) is 82.9 cm³/mol. The maximum Gasteiger partial charge on any atom is 0.335 e. The largest absolute Gasteiger partial charge is 0.478 e. The summed E-state index contributed by atoms with van der Waals surface area (Å²) in [6.45, 7) is 0. The Morgan fingerprint density at radius 3 is 2.70 bits per heavy atom. The molecule has 118 valence electrons. The van der Waals surface area contributed by atoms with Crippen molar-refractivity contribution >= 4 is 11.7 Å². The van der Waals surface area contributed by atoms with E-state index < -0.39 is 5.97 Å². The molecule has 0 radical (unpaired) electrons. The molecule has 1 aliphatic carbocycles. The van der Waals surface area contributed by atoms with Gasteiger partial charge in [0, 0.05) is 5.92 Å². The van der Waals surface area contributed by atoms with Crippen molar-refractivity contribution < 1.29 is 9.90 Å². The molecule has 4 rings (SSSR count). The highest BCUT2D eigenvalue weighted by Gasteiger charge is 2.34. The minimum absolute atomic E-state index is 0.164. The second kappa shape index (κ2) is 5.19. The number of fused-ring (bicyclic) bond motifs is 3. The van der Waals surface area contributed by atoms with Crippen LogP contribution in [0.3, 0.4) is 0 Å². The number of aromatic nitrogens is 2. The van der Waals surface area contributed by atoms with Gasteiger partial charge in [0.2, 0.25) is 0 Å². The quantitative estimate of drug-likeness (QED) is 0.891. The maximum absolute atomic E-state index is 12.6. The highest BCUT2D eigenvalue weighted by molar-refractivity contribution is 5.87. The van der Waals surface area contributed by atoms with Crippen LogP contribution in [0.4, 0.5) is 5.69 Å². The molecule has 1 saturated carbocycles. The molecule has 2 aromatic rings. The van der Waals surface area contributed by atoms with E-state index in [-0.39, 0.29) is 23.1 Å². The zero-order chi connectivity index (χ0) is 16.0. The number of aromatic carboxylic acids is 1. The van der Waals surface area contributed by atoms with Gasteiger partial charge < -0.3 is 5.11 Å². The van der Waals surface area contributed by atoms with Crippen molar-refractivity contribution in [3.8, 4) is 5.69 Å². The molecular formula is C16H16N4O3. The number of nitrogens with zero attached hydrogens (tertiary/aromatic N) is 3. The van der Waals surface area contributed by atoms with Crippen molar-refractivity contribution in [2.75, 3.05) is 0 Å². The van der Waals surface area contributed by atoms with Gasteiger partial charge in [-0.15, -0.1) is 5.11 Å². The molecule has 7 heteroatoms. The Morgan fingerprint density at radius 2 is 1.96 bits per heavy atom. The molecule has 1 aliphatic heterocycles. The molecule has 7 nitrogen and oxygen atoms in total. The number of aromatic amines is 1. The zero-order valence-corrected chi connectivity index (χ0v) is 12.4. The summed E-state index contributed by atoms with van der Waals surface area (Å²) in [4.78, 5) is 23.5. The summed E-state index contributed by atoms with van der Waals surface area (Å²) in [6, 6.07) is 6.35. The van der Waals surface area contributed by atoms with Crippen LogP contribution in [0.2, 0.25) is 0 Å². The average Bonchev–Trinajstić information content (AvgIpc) is 2.92. The van der Waals surface area contributed by atoms with Crippen molar-refractivity contribution in [2.24, 2.45) is 10.2 Å². The van der Waals surface area contributed by atoms with Gasteiger partial charge in [0.1, 0.15) is 0 Å². The summed E-state index contributed by atoms with van der Waals surface area (Å²) in [6.07, 6.45) is 4.30. The van der Waals surface area contributed by atoms with Gasteiger partial charge >= 0.3 is 5.97 Å². The van der Waals surface area contributed by atoms with Crippen molar-refractivity contribution in [3.63, 3.8) is 0 Å². The number of benzene rings is 1. The van der Waals surface area contributed by atoms with Crippen molar-refractivity contribution in [1.82, 2.24) is 9.78 Å². The molecule has 23 heavy (non-hydrogen) atoms. The van der Waals surface area contributed by atoms with Crippen LogP contribution in [0, 0.1) is 0 Å². The summed E-state index contributed by atoms with van der Waals surface area (Å²) >= 11 is 0. The zero-order valence-electron chi connectivity index (χ0n) is 12.4. The van der Waals surface area contributed by atoms with Gasteiger partial charge in [-0.1, -0.05) is 12.8 Å². The third-order valence-electron chi connectivity index (χ3n) is 4.67. The fraction of sp³-hybridized carbons (Fsp3) is 0.375. The summed E-state index contributed by atoms with van der Waals surface area (Å²) in [5.41, 5.74) is 1.78. The van der Waals surface area contributed by atoms with E-state index in [0.717, 1.165) is 31.4 Å². The molecular weight excluding hydrogens is 296 g/mol. The SMILES string of the molecule is O=C(O)c1ccc(-n2[nH]c3c(c2=O)N=NC2CCCCC32)cc1. The molecule has 0 spiro atoms. The van der Waals surface area contributed by atoms with E-state index in [1.165, 1.54) is 16.8 Å². The van der Waals surface area contributed by atoms with Gasteiger partial charge in [0.25, 0.3) is 5.56 Å². The number of nitrogens with one attached hydrogen (secondary N) is 1. The lowest BCUT2D eigenvalue weighted by atomic mass is 9.82. The summed E-state index contributed by atoms with van der Waals surface area (Å²) < 4.78 is 1.42. The molecule has 0 saturated heterocycles. The van der Waals surface area contributed by atoms with Gasteiger partial charge in [-0.3, -0.25) is 9.89 Å². The average molecular weight is 312 g/mol. The Balaban J connectivity index is 1.77. The molecule has 1 fully saturated rings. The number of hydrogen-bond donors (Lipinski definition) is 2. The maximum atomic E-state index is 12.6.